The van der Waals surface area contributed by atoms with E-state index in [2.05, 4.69) is 4.98 Å². The van der Waals surface area contributed by atoms with Crippen molar-refractivity contribution in [2.24, 2.45) is 0 Å². The van der Waals surface area contributed by atoms with Gasteiger partial charge >= 0.3 is 5.97 Å². The third-order valence-corrected chi connectivity index (χ3v) is 3.99. The van der Waals surface area contributed by atoms with Crippen LogP contribution in [0.3, 0.4) is 0 Å². The molecule has 126 valence electrons. The minimum absolute atomic E-state index is 0.116. The minimum atomic E-state index is -0.556. The molecule has 1 N–H and O–H groups in total. The third-order valence-electron chi connectivity index (χ3n) is 3.74. The van der Waals surface area contributed by atoms with Crippen LogP contribution in [-0.2, 0) is 4.79 Å². The molecular weight excluding hydrogens is 342 g/mol. The van der Waals surface area contributed by atoms with E-state index in [1.165, 1.54) is 13.8 Å². The molecule has 3 aromatic rings. The lowest BCUT2D eigenvalue weighted by atomic mass is 10.1. The Balaban J connectivity index is 2.19. The van der Waals surface area contributed by atoms with Crippen molar-refractivity contribution in [2.75, 3.05) is 0 Å². The molecule has 0 bridgehead atoms. The van der Waals surface area contributed by atoms with Gasteiger partial charge in [-0.3, -0.25) is 14.4 Å². The molecule has 1 aromatic heterocycles. The van der Waals surface area contributed by atoms with Gasteiger partial charge in [0.2, 0.25) is 5.78 Å². The van der Waals surface area contributed by atoms with Gasteiger partial charge in [-0.2, -0.15) is 0 Å². The Bertz CT molecular complexity index is 1000. The van der Waals surface area contributed by atoms with Crippen molar-refractivity contribution in [1.29, 1.82) is 0 Å². The van der Waals surface area contributed by atoms with E-state index in [1.807, 2.05) is 0 Å². The first kappa shape index (κ1) is 16.9. The molecule has 0 amide bonds. The molecule has 6 heteroatoms. The van der Waals surface area contributed by atoms with E-state index in [4.69, 9.17) is 16.3 Å². The van der Waals surface area contributed by atoms with Gasteiger partial charge in [0.25, 0.3) is 0 Å². The smallest absolute Gasteiger partial charge is 0.308 e. The molecule has 0 aliphatic rings. The highest BCUT2D eigenvalue weighted by Crippen LogP contribution is 2.33. The first-order chi connectivity index (χ1) is 11.9. The molecule has 25 heavy (non-hydrogen) atoms. The number of aromatic nitrogens is 1. The maximum Gasteiger partial charge on any atom is 0.308 e. The SMILES string of the molecule is CC(=O)Oc1c(C(=O)c2ccc(Cl)cc2)[nH]c2ccc(C(C)=O)cc12. The first-order valence-electron chi connectivity index (χ1n) is 7.52. The topological polar surface area (TPSA) is 76.2 Å². The molecule has 0 radical (unpaired) electrons. The Morgan fingerprint density at radius 3 is 2.20 bits per heavy atom. The number of rotatable bonds is 4. The lowest BCUT2D eigenvalue weighted by Gasteiger charge is -2.04. The van der Waals surface area contributed by atoms with Crippen LogP contribution in [0.15, 0.2) is 42.5 Å². The molecule has 0 aliphatic heterocycles. The van der Waals surface area contributed by atoms with E-state index < -0.39 is 5.97 Å². The quantitative estimate of drug-likeness (QED) is 0.562. The standard InChI is InChI=1S/C19H14ClNO4/c1-10(22)13-5-8-16-15(9-13)19(25-11(2)23)17(21-16)18(24)12-3-6-14(20)7-4-12/h3-9,21H,1-2H3. The lowest BCUT2D eigenvalue weighted by molar-refractivity contribution is -0.131. The highest BCUT2D eigenvalue weighted by molar-refractivity contribution is 6.30. The van der Waals surface area contributed by atoms with Crippen LogP contribution in [0.2, 0.25) is 5.02 Å². The van der Waals surface area contributed by atoms with E-state index >= 15 is 0 Å². The van der Waals surface area contributed by atoms with Crippen molar-refractivity contribution < 1.29 is 19.1 Å². The van der Waals surface area contributed by atoms with Crippen LogP contribution < -0.4 is 4.74 Å². The Kier molecular flexibility index (Phi) is 4.42. The van der Waals surface area contributed by atoms with Crippen LogP contribution in [0.25, 0.3) is 10.9 Å². The molecule has 0 saturated carbocycles. The van der Waals surface area contributed by atoms with E-state index in [1.54, 1.807) is 42.5 Å². The van der Waals surface area contributed by atoms with Crippen LogP contribution in [0.5, 0.6) is 5.75 Å². The van der Waals surface area contributed by atoms with Crippen molar-refractivity contribution in [3.05, 3.63) is 64.3 Å². The Hall–Kier alpha value is -2.92. The molecule has 3 rings (SSSR count). The molecule has 1 heterocycles. The fourth-order valence-electron chi connectivity index (χ4n) is 2.54. The van der Waals surface area contributed by atoms with Crippen molar-refractivity contribution >= 4 is 40.0 Å². The second kappa shape index (κ2) is 6.53. The monoisotopic (exact) mass is 355 g/mol. The largest absolute Gasteiger partial charge is 0.424 e. The van der Waals surface area contributed by atoms with E-state index in [0.717, 1.165) is 0 Å². The fraction of sp³-hybridized carbons (Fsp3) is 0.105. The summed E-state index contributed by atoms with van der Waals surface area (Å²) >= 11 is 5.85. The number of aromatic amines is 1. The summed E-state index contributed by atoms with van der Waals surface area (Å²) in [5.74, 6) is -0.902. The summed E-state index contributed by atoms with van der Waals surface area (Å²) in [5.41, 5.74) is 1.60. The molecular formula is C19H14ClNO4. The van der Waals surface area contributed by atoms with Gasteiger partial charge in [-0.05, 0) is 49.4 Å². The average molecular weight is 356 g/mol. The molecule has 2 aromatic carbocycles. The predicted molar refractivity (Wildman–Crippen MR) is 94.5 cm³/mol. The number of carbonyl (C=O) groups excluding carboxylic acids is 3. The van der Waals surface area contributed by atoms with Gasteiger partial charge in [0.05, 0.1) is 0 Å². The number of esters is 1. The fourth-order valence-corrected chi connectivity index (χ4v) is 2.67. The molecule has 5 nitrogen and oxygen atoms in total. The lowest BCUT2D eigenvalue weighted by Crippen LogP contribution is -2.08. The van der Waals surface area contributed by atoms with Gasteiger partial charge in [-0.15, -0.1) is 0 Å². The molecule has 0 saturated heterocycles. The van der Waals surface area contributed by atoms with Crippen LogP contribution in [0.1, 0.15) is 40.3 Å². The number of benzene rings is 2. The van der Waals surface area contributed by atoms with E-state index in [9.17, 15) is 14.4 Å². The summed E-state index contributed by atoms with van der Waals surface area (Å²) in [5, 5.41) is 1.01. The second-order valence-corrected chi connectivity index (χ2v) is 6.01. The molecule has 0 spiro atoms. The maximum absolute atomic E-state index is 12.8. The number of nitrogens with one attached hydrogen (secondary N) is 1. The zero-order valence-electron chi connectivity index (χ0n) is 13.6. The number of hydrogen-bond acceptors (Lipinski definition) is 4. The Morgan fingerprint density at radius 1 is 0.960 bits per heavy atom. The number of carbonyl (C=O) groups is 3. The number of ether oxygens (including phenoxy) is 1. The third kappa shape index (κ3) is 3.32. The Morgan fingerprint density at radius 2 is 1.60 bits per heavy atom. The van der Waals surface area contributed by atoms with Crippen LogP contribution in [-0.4, -0.2) is 22.5 Å². The van der Waals surface area contributed by atoms with Crippen LogP contribution >= 0.6 is 11.6 Å². The van der Waals surface area contributed by atoms with Gasteiger partial charge in [0.15, 0.2) is 11.5 Å². The van der Waals surface area contributed by atoms with Crippen molar-refractivity contribution in [3.8, 4) is 5.75 Å². The molecule has 0 atom stereocenters. The van der Waals surface area contributed by atoms with Crippen molar-refractivity contribution in [3.63, 3.8) is 0 Å². The van der Waals surface area contributed by atoms with E-state index in [-0.39, 0.29) is 23.0 Å². The van der Waals surface area contributed by atoms with Gasteiger partial charge in [0.1, 0.15) is 5.69 Å². The molecule has 0 fully saturated rings. The van der Waals surface area contributed by atoms with Gasteiger partial charge < -0.3 is 9.72 Å². The molecule has 0 unspecified atom stereocenters. The number of H-pyrrole nitrogens is 1. The summed E-state index contributed by atoms with van der Waals surface area (Å²) in [6.45, 7) is 2.70. The van der Waals surface area contributed by atoms with E-state index in [0.29, 0.717) is 27.1 Å². The predicted octanol–water partition coefficient (Wildman–Crippen LogP) is 4.18. The van der Waals surface area contributed by atoms with Crippen LogP contribution in [0.4, 0.5) is 0 Å². The zero-order valence-corrected chi connectivity index (χ0v) is 14.3. The highest BCUT2D eigenvalue weighted by atomic mass is 35.5. The number of Topliss-reactive ketones (excluding diaryl/α,β-unsaturated/α-hetero) is 1. The number of fused-ring (bicyclic) bond motifs is 1. The maximum atomic E-state index is 12.8. The number of ketones is 2. The second-order valence-electron chi connectivity index (χ2n) is 5.58. The highest BCUT2D eigenvalue weighted by Gasteiger charge is 2.22. The summed E-state index contributed by atoms with van der Waals surface area (Å²) in [6.07, 6.45) is 0. The average Bonchev–Trinajstić information content (AvgIpc) is 2.92. The Labute approximate surface area is 148 Å². The molecule has 0 aliphatic carbocycles. The number of halogens is 1. The van der Waals surface area contributed by atoms with Gasteiger partial charge in [0, 0.05) is 34.0 Å². The first-order valence-corrected chi connectivity index (χ1v) is 7.90. The summed E-state index contributed by atoms with van der Waals surface area (Å²) < 4.78 is 5.27. The van der Waals surface area contributed by atoms with Crippen LogP contribution in [0, 0.1) is 0 Å². The van der Waals surface area contributed by atoms with Gasteiger partial charge in [-0.1, -0.05) is 11.6 Å². The van der Waals surface area contributed by atoms with Gasteiger partial charge in [-0.25, -0.2) is 0 Å². The summed E-state index contributed by atoms with van der Waals surface area (Å²) in [7, 11) is 0. The summed E-state index contributed by atoms with van der Waals surface area (Å²) in [4.78, 5) is 38.9. The number of hydrogen-bond donors (Lipinski definition) is 1. The van der Waals surface area contributed by atoms with Crippen molar-refractivity contribution in [1.82, 2.24) is 4.98 Å². The minimum Gasteiger partial charge on any atom is -0.424 e. The van der Waals surface area contributed by atoms with Crippen molar-refractivity contribution in [2.45, 2.75) is 13.8 Å². The summed E-state index contributed by atoms with van der Waals surface area (Å²) in [6, 6.07) is 11.3. The normalized spacial score (nSPS) is 10.7. The zero-order chi connectivity index (χ0) is 18.1.